The summed E-state index contributed by atoms with van der Waals surface area (Å²) in [5, 5.41) is 11.1. The molecule has 1 aromatic heterocycles. The molecule has 2 N–H and O–H groups in total. The van der Waals surface area contributed by atoms with Gasteiger partial charge in [-0.3, -0.25) is 5.10 Å². The van der Waals surface area contributed by atoms with Gasteiger partial charge in [-0.1, -0.05) is 30.3 Å². The molecule has 21 heavy (non-hydrogen) atoms. The van der Waals surface area contributed by atoms with Crippen molar-refractivity contribution in [1.82, 2.24) is 20.5 Å². The standard InChI is InChI=1S/C16H21N5/c1-2-5-13(6-3-1)16(7-8-16)14-18-15(20-19-14)21-11-4-9-17-10-12-21/h1-3,5-6,17H,4,7-12H2,(H,18,19,20). The summed E-state index contributed by atoms with van der Waals surface area (Å²) in [6.07, 6.45) is 3.47. The first-order valence-corrected chi connectivity index (χ1v) is 7.83. The Labute approximate surface area is 124 Å². The second kappa shape index (κ2) is 5.15. The van der Waals surface area contributed by atoms with Crippen LogP contribution in [-0.4, -0.2) is 41.4 Å². The normalized spacial score (nSPS) is 21.0. The van der Waals surface area contributed by atoms with Crippen LogP contribution in [0.1, 0.15) is 30.7 Å². The highest BCUT2D eigenvalue weighted by Crippen LogP contribution is 2.52. The first kappa shape index (κ1) is 12.8. The third-order valence-corrected chi connectivity index (χ3v) is 4.63. The van der Waals surface area contributed by atoms with E-state index >= 15 is 0 Å². The first-order chi connectivity index (χ1) is 10.4. The monoisotopic (exact) mass is 283 g/mol. The summed E-state index contributed by atoms with van der Waals surface area (Å²) >= 11 is 0. The summed E-state index contributed by atoms with van der Waals surface area (Å²) < 4.78 is 0. The molecule has 1 saturated heterocycles. The first-order valence-electron chi connectivity index (χ1n) is 7.83. The SMILES string of the molecule is c1ccc(C2(c3nc(N4CCCNCC4)n[nH]3)CC2)cc1. The highest BCUT2D eigenvalue weighted by Gasteiger charge is 2.48. The topological polar surface area (TPSA) is 56.8 Å². The molecule has 0 amide bonds. The lowest BCUT2D eigenvalue weighted by atomic mass is 9.95. The highest BCUT2D eigenvalue weighted by atomic mass is 15.4. The number of hydrogen-bond donors (Lipinski definition) is 2. The van der Waals surface area contributed by atoms with Crippen LogP contribution >= 0.6 is 0 Å². The zero-order chi connectivity index (χ0) is 14.1. The van der Waals surface area contributed by atoms with Gasteiger partial charge in [0, 0.05) is 19.6 Å². The predicted molar refractivity (Wildman–Crippen MR) is 82.5 cm³/mol. The van der Waals surface area contributed by atoms with Crippen molar-refractivity contribution in [3.8, 4) is 0 Å². The number of benzene rings is 1. The molecule has 2 fully saturated rings. The van der Waals surface area contributed by atoms with Crippen LogP contribution in [0.25, 0.3) is 0 Å². The smallest absolute Gasteiger partial charge is 0.244 e. The van der Waals surface area contributed by atoms with Gasteiger partial charge in [0.1, 0.15) is 5.82 Å². The van der Waals surface area contributed by atoms with E-state index in [1.165, 1.54) is 5.56 Å². The minimum Gasteiger partial charge on any atom is -0.338 e. The molecule has 4 rings (SSSR count). The quantitative estimate of drug-likeness (QED) is 0.900. The van der Waals surface area contributed by atoms with Gasteiger partial charge < -0.3 is 10.2 Å². The number of H-pyrrole nitrogens is 1. The van der Waals surface area contributed by atoms with Gasteiger partial charge in [0.05, 0.1) is 5.41 Å². The average Bonchev–Trinajstić information content (AvgIpc) is 3.28. The van der Waals surface area contributed by atoms with Crippen LogP contribution in [0.2, 0.25) is 0 Å². The fourth-order valence-electron chi connectivity index (χ4n) is 3.20. The maximum absolute atomic E-state index is 4.82. The van der Waals surface area contributed by atoms with Crippen LogP contribution in [0.15, 0.2) is 30.3 Å². The molecule has 0 radical (unpaired) electrons. The molecule has 2 aliphatic rings. The lowest BCUT2D eigenvalue weighted by molar-refractivity contribution is 0.724. The average molecular weight is 283 g/mol. The van der Waals surface area contributed by atoms with Crippen molar-refractivity contribution in [2.45, 2.75) is 24.7 Å². The summed E-state index contributed by atoms with van der Waals surface area (Å²) in [5.41, 5.74) is 1.43. The van der Waals surface area contributed by atoms with Crippen LogP contribution in [0.4, 0.5) is 5.95 Å². The van der Waals surface area contributed by atoms with E-state index < -0.39 is 0 Å². The molecular weight excluding hydrogens is 262 g/mol. The lowest BCUT2D eigenvalue weighted by Crippen LogP contribution is -2.28. The number of nitrogens with one attached hydrogen (secondary N) is 2. The van der Waals surface area contributed by atoms with Crippen molar-refractivity contribution >= 4 is 5.95 Å². The van der Waals surface area contributed by atoms with Gasteiger partial charge in [-0.2, -0.15) is 4.98 Å². The van der Waals surface area contributed by atoms with Gasteiger partial charge in [0.2, 0.25) is 5.95 Å². The Bertz CT molecular complexity index is 594. The largest absolute Gasteiger partial charge is 0.338 e. The molecular formula is C16H21N5. The Balaban J connectivity index is 1.60. The molecule has 1 saturated carbocycles. The second-order valence-corrected chi connectivity index (χ2v) is 6.02. The Hall–Kier alpha value is -1.88. The Morgan fingerprint density at radius 3 is 2.71 bits per heavy atom. The van der Waals surface area contributed by atoms with Crippen molar-refractivity contribution in [3.05, 3.63) is 41.7 Å². The molecule has 5 heteroatoms. The van der Waals surface area contributed by atoms with Crippen molar-refractivity contribution in [3.63, 3.8) is 0 Å². The molecule has 1 aliphatic carbocycles. The number of aromatic amines is 1. The highest BCUT2D eigenvalue weighted by molar-refractivity contribution is 5.41. The van der Waals surface area contributed by atoms with E-state index in [1.807, 2.05) is 0 Å². The minimum atomic E-state index is 0.0800. The molecule has 5 nitrogen and oxygen atoms in total. The van der Waals surface area contributed by atoms with E-state index in [4.69, 9.17) is 4.98 Å². The van der Waals surface area contributed by atoms with Gasteiger partial charge >= 0.3 is 0 Å². The minimum absolute atomic E-state index is 0.0800. The third kappa shape index (κ3) is 2.31. The number of rotatable bonds is 3. The summed E-state index contributed by atoms with van der Waals surface area (Å²) in [5.74, 6) is 1.89. The summed E-state index contributed by atoms with van der Waals surface area (Å²) in [4.78, 5) is 7.10. The fraction of sp³-hybridized carbons (Fsp3) is 0.500. The summed E-state index contributed by atoms with van der Waals surface area (Å²) in [6.45, 7) is 4.10. The maximum Gasteiger partial charge on any atom is 0.244 e. The molecule has 110 valence electrons. The Morgan fingerprint density at radius 2 is 1.90 bits per heavy atom. The zero-order valence-corrected chi connectivity index (χ0v) is 12.2. The van der Waals surface area contributed by atoms with E-state index in [-0.39, 0.29) is 5.41 Å². The van der Waals surface area contributed by atoms with Gasteiger partial charge in [-0.25, -0.2) is 0 Å². The Kier molecular flexibility index (Phi) is 3.15. The van der Waals surface area contributed by atoms with Crippen molar-refractivity contribution in [2.24, 2.45) is 0 Å². The predicted octanol–water partition coefficient (Wildman–Crippen LogP) is 1.68. The van der Waals surface area contributed by atoms with Crippen LogP contribution in [0.5, 0.6) is 0 Å². The van der Waals surface area contributed by atoms with E-state index in [0.717, 1.165) is 57.2 Å². The molecule has 1 aliphatic heterocycles. The number of aromatic nitrogens is 3. The maximum atomic E-state index is 4.82. The van der Waals surface area contributed by atoms with Gasteiger partial charge in [-0.15, -0.1) is 5.10 Å². The van der Waals surface area contributed by atoms with Crippen LogP contribution in [-0.2, 0) is 5.41 Å². The van der Waals surface area contributed by atoms with Gasteiger partial charge in [0.15, 0.2) is 0 Å². The number of hydrogen-bond acceptors (Lipinski definition) is 4. The van der Waals surface area contributed by atoms with E-state index in [0.29, 0.717) is 0 Å². The van der Waals surface area contributed by atoms with Crippen LogP contribution in [0.3, 0.4) is 0 Å². The summed E-state index contributed by atoms with van der Waals surface area (Å²) in [7, 11) is 0. The summed E-state index contributed by atoms with van der Waals surface area (Å²) in [6, 6.07) is 10.7. The fourth-order valence-corrected chi connectivity index (χ4v) is 3.20. The van der Waals surface area contributed by atoms with Gasteiger partial charge in [0.25, 0.3) is 0 Å². The Morgan fingerprint density at radius 1 is 1.05 bits per heavy atom. The molecule has 0 spiro atoms. The molecule has 1 aromatic carbocycles. The van der Waals surface area contributed by atoms with E-state index in [2.05, 4.69) is 50.7 Å². The zero-order valence-electron chi connectivity index (χ0n) is 12.2. The van der Waals surface area contributed by atoms with E-state index in [9.17, 15) is 0 Å². The van der Waals surface area contributed by atoms with Crippen molar-refractivity contribution in [1.29, 1.82) is 0 Å². The van der Waals surface area contributed by atoms with Crippen molar-refractivity contribution in [2.75, 3.05) is 31.1 Å². The second-order valence-electron chi connectivity index (χ2n) is 6.02. The molecule has 2 heterocycles. The van der Waals surface area contributed by atoms with Crippen LogP contribution in [0, 0.1) is 0 Å². The van der Waals surface area contributed by atoms with Gasteiger partial charge in [-0.05, 0) is 31.4 Å². The van der Waals surface area contributed by atoms with Crippen molar-refractivity contribution < 1.29 is 0 Å². The lowest BCUT2D eigenvalue weighted by Gasteiger charge is -2.17. The van der Waals surface area contributed by atoms with Crippen LogP contribution < -0.4 is 10.2 Å². The van der Waals surface area contributed by atoms with E-state index in [1.54, 1.807) is 0 Å². The molecule has 2 aromatic rings. The number of anilines is 1. The third-order valence-electron chi connectivity index (χ3n) is 4.63. The number of nitrogens with zero attached hydrogens (tertiary/aromatic N) is 3. The molecule has 0 atom stereocenters. The molecule has 0 unspecified atom stereocenters. The molecule has 0 bridgehead atoms.